The molecule has 1 aromatic carbocycles. The number of aryl methyl sites for hydroxylation is 1. The van der Waals surface area contributed by atoms with Gasteiger partial charge in [-0.05, 0) is 19.1 Å². The first-order valence-electron chi connectivity index (χ1n) is 8.64. The molecule has 11 heteroatoms. The summed E-state index contributed by atoms with van der Waals surface area (Å²) in [6.45, 7) is 5.58. The highest BCUT2D eigenvalue weighted by Crippen LogP contribution is 2.24. The lowest BCUT2D eigenvalue weighted by atomic mass is 10.2. The predicted molar refractivity (Wildman–Crippen MR) is 95.5 cm³/mol. The van der Waals surface area contributed by atoms with Gasteiger partial charge >= 0.3 is 0 Å². The molecule has 1 fully saturated rings. The average Bonchev–Trinajstić information content (AvgIpc) is 3.17. The smallest absolute Gasteiger partial charge is 0.269 e. The summed E-state index contributed by atoms with van der Waals surface area (Å²) in [7, 11) is -3.69. The zero-order chi connectivity index (χ0) is 19.6. The molecule has 1 saturated heterocycles. The summed E-state index contributed by atoms with van der Waals surface area (Å²) in [5.41, 5.74) is -0.140. The van der Waals surface area contributed by atoms with Crippen LogP contribution in [0.2, 0.25) is 0 Å². The molecule has 0 radical (unpaired) electrons. The number of hydrogen-bond acceptors (Lipinski definition) is 8. The Labute approximate surface area is 157 Å². The summed E-state index contributed by atoms with van der Waals surface area (Å²) in [5.74, 6) is 1.18. The first-order valence-corrected chi connectivity index (χ1v) is 10.1. The Morgan fingerprint density at radius 1 is 1.22 bits per heavy atom. The number of benzene rings is 1. The van der Waals surface area contributed by atoms with E-state index in [-0.39, 0.29) is 16.6 Å². The lowest BCUT2D eigenvalue weighted by Crippen LogP contribution is -2.49. The maximum Gasteiger partial charge on any atom is 0.269 e. The molecule has 0 aliphatic carbocycles. The van der Waals surface area contributed by atoms with Crippen LogP contribution in [0.15, 0.2) is 33.7 Å². The number of rotatable bonds is 6. The maximum atomic E-state index is 12.8. The molecule has 146 valence electrons. The van der Waals surface area contributed by atoms with E-state index in [1.165, 1.54) is 28.6 Å². The number of non-ortho nitro benzene ring substituents is 1. The molecule has 3 rings (SSSR count). The molecule has 10 nitrogen and oxygen atoms in total. The van der Waals surface area contributed by atoms with E-state index < -0.39 is 14.9 Å². The zero-order valence-corrected chi connectivity index (χ0v) is 15.9. The predicted octanol–water partition coefficient (Wildman–Crippen LogP) is 1.61. The van der Waals surface area contributed by atoms with Gasteiger partial charge in [0.1, 0.15) is 0 Å². The van der Waals surface area contributed by atoms with E-state index in [0.717, 1.165) is 0 Å². The normalized spacial score (nSPS) is 17.7. The molecule has 1 aliphatic heterocycles. The summed E-state index contributed by atoms with van der Waals surface area (Å²) >= 11 is 0. The molecular weight excluding hydrogens is 374 g/mol. The van der Waals surface area contributed by atoms with Crippen molar-refractivity contribution < 1.29 is 17.9 Å². The summed E-state index contributed by atoms with van der Waals surface area (Å²) in [5, 5.41) is 14.6. The number of hydrogen-bond donors (Lipinski definition) is 0. The molecule has 0 amide bonds. The van der Waals surface area contributed by atoms with Gasteiger partial charge in [0.2, 0.25) is 15.9 Å². The van der Waals surface area contributed by atoms with Gasteiger partial charge in [0.25, 0.3) is 5.69 Å². The van der Waals surface area contributed by atoms with Gasteiger partial charge in [0.05, 0.1) is 15.9 Å². The second kappa shape index (κ2) is 7.71. The molecule has 1 aliphatic rings. The third kappa shape index (κ3) is 3.99. The minimum absolute atomic E-state index is 0.0547. The molecule has 1 atom stereocenters. The fraction of sp³-hybridized carbons (Fsp3) is 0.500. The van der Waals surface area contributed by atoms with Gasteiger partial charge in [0.15, 0.2) is 5.82 Å². The number of piperazine rings is 1. The van der Waals surface area contributed by atoms with Crippen molar-refractivity contribution in [2.24, 2.45) is 0 Å². The Morgan fingerprint density at radius 3 is 2.37 bits per heavy atom. The van der Waals surface area contributed by atoms with Crippen molar-refractivity contribution in [3.63, 3.8) is 0 Å². The molecule has 27 heavy (non-hydrogen) atoms. The van der Waals surface area contributed by atoms with Crippen molar-refractivity contribution >= 4 is 15.7 Å². The monoisotopic (exact) mass is 395 g/mol. The molecule has 0 saturated carbocycles. The van der Waals surface area contributed by atoms with Crippen LogP contribution in [-0.2, 0) is 16.4 Å². The fourth-order valence-electron chi connectivity index (χ4n) is 2.96. The second-order valence-corrected chi connectivity index (χ2v) is 8.21. The first-order chi connectivity index (χ1) is 12.8. The highest BCUT2D eigenvalue weighted by molar-refractivity contribution is 7.89. The van der Waals surface area contributed by atoms with Crippen LogP contribution >= 0.6 is 0 Å². The van der Waals surface area contributed by atoms with Gasteiger partial charge in [-0.15, -0.1) is 0 Å². The van der Waals surface area contributed by atoms with Crippen LogP contribution in [0.3, 0.4) is 0 Å². The van der Waals surface area contributed by atoms with Gasteiger partial charge in [-0.25, -0.2) is 8.42 Å². The highest BCUT2D eigenvalue weighted by Gasteiger charge is 2.32. The first kappa shape index (κ1) is 19.4. The van der Waals surface area contributed by atoms with Crippen molar-refractivity contribution in [3.8, 4) is 0 Å². The van der Waals surface area contributed by atoms with E-state index in [1.807, 2.05) is 13.8 Å². The Hall–Kier alpha value is -2.37. The Kier molecular flexibility index (Phi) is 5.53. The van der Waals surface area contributed by atoms with Crippen LogP contribution in [0.1, 0.15) is 31.6 Å². The summed E-state index contributed by atoms with van der Waals surface area (Å²) < 4.78 is 32.2. The SMILES string of the molecule is CCc1noc([C@H](C)N2CCN(S(=O)(=O)c3ccc([N+](=O)[O-])cc3)CC2)n1. The van der Waals surface area contributed by atoms with Gasteiger partial charge < -0.3 is 4.52 Å². The molecule has 0 bridgehead atoms. The topological polar surface area (TPSA) is 123 Å². The molecule has 2 heterocycles. The maximum absolute atomic E-state index is 12.8. The van der Waals surface area contributed by atoms with Crippen LogP contribution in [-0.4, -0.2) is 58.9 Å². The lowest BCUT2D eigenvalue weighted by Gasteiger charge is -2.36. The summed E-state index contributed by atoms with van der Waals surface area (Å²) in [4.78, 5) is 16.6. The van der Waals surface area contributed by atoms with Crippen LogP contribution in [0.4, 0.5) is 5.69 Å². The zero-order valence-electron chi connectivity index (χ0n) is 15.1. The van der Waals surface area contributed by atoms with Crippen molar-refractivity contribution in [2.45, 2.75) is 31.2 Å². The van der Waals surface area contributed by atoms with Crippen molar-refractivity contribution in [1.29, 1.82) is 0 Å². The van der Waals surface area contributed by atoms with Gasteiger partial charge in [-0.2, -0.15) is 9.29 Å². The molecule has 0 N–H and O–H groups in total. The molecule has 2 aromatic rings. The number of aromatic nitrogens is 2. The van der Waals surface area contributed by atoms with Crippen LogP contribution in [0.5, 0.6) is 0 Å². The number of nitro groups is 1. The lowest BCUT2D eigenvalue weighted by molar-refractivity contribution is -0.384. The average molecular weight is 395 g/mol. The van der Waals surface area contributed by atoms with Crippen LogP contribution < -0.4 is 0 Å². The Balaban J connectivity index is 1.66. The van der Waals surface area contributed by atoms with Crippen molar-refractivity contribution in [1.82, 2.24) is 19.3 Å². The number of nitrogens with zero attached hydrogens (tertiary/aromatic N) is 5. The minimum Gasteiger partial charge on any atom is -0.338 e. The molecule has 0 spiro atoms. The van der Waals surface area contributed by atoms with Crippen LogP contribution in [0, 0.1) is 10.1 Å². The van der Waals surface area contributed by atoms with Crippen molar-refractivity contribution in [3.05, 3.63) is 46.1 Å². The fourth-order valence-corrected chi connectivity index (χ4v) is 4.38. The third-order valence-electron chi connectivity index (χ3n) is 4.66. The van der Waals surface area contributed by atoms with E-state index in [9.17, 15) is 18.5 Å². The second-order valence-electron chi connectivity index (χ2n) is 6.27. The molecule has 1 aromatic heterocycles. The van der Waals surface area contributed by atoms with Gasteiger partial charge in [0, 0.05) is 44.7 Å². The Bertz CT molecular complexity index is 904. The molecular formula is C16H21N5O5S. The van der Waals surface area contributed by atoms with E-state index in [2.05, 4.69) is 15.0 Å². The summed E-state index contributed by atoms with van der Waals surface area (Å²) in [6.07, 6.45) is 0.692. The standard InChI is InChI=1S/C16H21N5O5S/c1-3-15-17-16(26-18-15)12(2)19-8-10-20(11-9-19)27(24,25)14-6-4-13(5-7-14)21(22)23/h4-7,12H,3,8-11H2,1-2H3/t12-/m0/s1. The van der Waals surface area contributed by atoms with Crippen molar-refractivity contribution in [2.75, 3.05) is 26.2 Å². The number of nitro benzene ring substituents is 1. The van der Waals surface area contributed by atoms with Crippen LogP contribution in [0.25, 0.3) is 0 Å². The Morgan fingerprint density at radius 2 is 1.85 bits per heavy atom. The molecule has 0 unspecified atom stereocenters. The highest BCUT2D eigenvalue weighted by atomic mass is 32.2. The third-order valence-corrected chi connectivity index (χ3v) is 6.58. The quantitative estimate of drug-likeness (QED) is 0.534. The van der Waals surface area contributed by atoms with E-state index in [0.29, 0.717) is 44.3 Å². The number of sulfonamides is 1. The minimum atomic E-state index is -3.69. The van der Waals surface area contributed by atoms with Gasteiger partial charge in [-0.3, -0.25) is 15.0 Å². The van der Waals surface area contributed by atoms with E-state index >= 15 is 0 Å². The van der Waals surface area contributed by atoms with Gasteiger partial charge in [-0.1, -0.05) is 12.1 Å². The summed E-state index contributed by atoms with van der Waals surface area (Å²) in [6, 6.07) is 4.85. The van der Waals surface area contributed by atoms with E-state index in [1.54, 1.807) is 0 Å². The largest absolute Gasteiger partial charge is 0.338 e. The van der Waals surface area contributed by atoms with E-state index in [4.69, 9.17) is 4.52 Å².